The topological polar surface area (TPSA) is 131 Å². The molecule has 12 aromatic rings. The van der Waals surface area contributed by atoms with Crippen LogP contribution in [0.2, 0.25) is 0 Å². The summed E-state index contributed by atoms with van der Waals surface area (Å²) >= 11 is 0. The first-order chi connectivity index (χ1) is 46.2. The predicted octanol–water partition coefficient (Wildman–Crippen LogP) is 9.78. The number of ketones is 2. The van der Waals surface area contributed by atoms with E-state index in [4.69, 9.17) is 49.9 Å². The van der Waals surface area contributed by atoms with Gasteiger partial charge in [0.2, 0.25) is 0 Å². The number of hydrogen-bond acceptors (Lipinski definition) is 8. The zero-order valence-electron chi connectivity index (χ0n) is 54.4. The summed E-state index contributed by atoms with van der Waals surface area (Å²) in [6.07, 6.45) is -0.0306. The zero-order valence-corrected chi connectivity index (χ0v) is 54.4. The molecule has 14 radical (unpaired) electrons. The number of aromatic nitrogens is 4. The molecule has 18 rings (SSSR count). The highest BCUT2D eigenvalue weighted by Crippen LogP contribution is 2.57. The van der Waals surface area contributed by atoms with Crippen LogP contribution in [0.5, 0.6) is 0 Å². The van der Waals surface area contributed by atoms with Crippen molar-refractivity contribution in [2.75, 3.05) is 28.3 Å². The van der Waals surface area contributed by atoms with Crippen molar-refractivity contribution < 1.29 is 38.1 Å². The minimum atomic E-state index is -0.960. The van der Waals surface area contributed by atoms with Gasteiger partial charge < -0.3 is 47.0 Å². The van der Waals surface area contributed by atoms with Crippen molar-refractivity contribution in [3.63, 3.8) is 0 Å². The largest absolute Gasteiger partial charge is 0.374 e. The van der Waals surface area contributed by atoms with E-state index >= 15 is 0 Å². The Bertz CT molecular complexity index is 4870. The molecular formula is C72H62B10N6O8. The van der Waals surface area contributed by atoms with Gasteiger partial charge in [-0.3, -0.25) is 19.2 Å². The fourth-order valence-electron chi connectivity index (χ4n) is 17.1. The fraction of sp³-hybridized carbons (Fsp3) is 0.278. The van der Waals surface area contributed by atoms with Gasteiger partial charge in [0, 0.05) is 193 Å². The van der Waals surface area contributed by atoms with Gasteiger partial charge in [-0.05, 0) is 86.3 Å². The highest BCUT2D eigenvalue weighted by atomic mass is 16.6. The second kappa shape index (κ2) is 24.1. The van der Waals surface area contributed by atoms with E-state index in [1.54, 1.807) is 14.2 Å². The molecule has 8 aromatic carbocycles. The fourth-order valence-corrected chi connectivity index (χ4v) is 17.1. The number of rotatable bonds is 7. The summed E-state index contributed by atoms with van der Waals surface area (Å²) in [6.45, 7) is 4.21. The van der Waals surface area contributed by atoms with Gasteiger partial charge in [0.05, 0.1) is 56.2 Å². The molecule has 2 aliphatic carbocycles. The number of carbonyl (C=O) groups is 4. The Morgan fingerprint density at radius 2 is 0.771 bits per heavy atom. The van der Waals surface area contributed by atoms with E-state index in [0.29, 0.717) is 36.8 Å². The summed E-state index contributed by atoms with van der Waals surface area (Å²) in [5, 5.41) is 8.64. The van der Waals surface area contributed by atoms with E-state index in [-0.39, 0.29) is 35.5 Å². The van der Waals surface area contributed by atoms with Crippen LogP contribution in [0.25, 0.3) is 87.2 Å². The van der Waals surface area contributed by atoms with Crippen LogP contribution < -0.4 is 0 Å². The van der Waals surface area contributed by atoms with Gasteiger partial charge in [-0.1, -0.05) is 109 Å². The first-order valence-electron chi connectivity index (χ1n) is 32.7. The third kappa shape index (κ3) is 9.41. The standard InChI is InChI=1S/2C36H31N3O4.B6.B4/c2*1-36-34(42-3)26(37(2)35(41)20-11-5-4-6-12-20)19-28(43-36)38-24-15-9-7-13-21(24)31-30-23(17-18-27(30)40)29-22-14-8-10-16-25(22)39(36)33(29)32(31)38;1-5(2)6(3)4;1-4(2)3/h2*4-16,26,28,34H,17-19H2,1-3H3;;/t2*26-,28-,34-,36+;;/m11../s1. The van der Waals surface area contributed by atoms with Crippen molar-refractivity contribution in [3.8, 4) is 0 Å². The number of likely N-dealkylation sites (N-methyl/N-ethyl adjacent to an activating group) is 2. The van der Waals surface area contributed by atoms with E-state index in [9.17, 15) is 19.2 Å². The average molecular weight is 1250 g/mol. The minimum absolute atomic E-state index is 0.0537. The maximum atomic E-state index is 13.9. The van der Waals surface area contributed by atoms with Crippen molar-refractivity contribution >= 4 is 184 Å². The number of amides is 2. The van der Waals surface area contributed by atoms with E-state index in [2.05, 4.69) is 128 Å². The Hall–Kier alpha value is -8.27. The lowest BCUT2D eigenvalue weighted by atomic mass is 8.81. The molecule has 458 valence electrons. The number of para-hydroxylation sites is 4. The van der Waals surface area contributed by atoms with E-state index in [0.717, 1.165) is 122 Å². The molecule has 0 spiro atoms. The molecule has 4 aromatic heterocycles. The first kappa shape index (κ1) is 63.8. The van der Waals surface area contributed by atoms with Crippen molar-refractivity contribution in [2.45, 2.75) is 101 Å². The Balaban J connectivity index is 0.000000138. The summed E-state index contributed by atoms with van der Waals surface area (Å²) < 4.78 is 36.5. The van der Waals surface area contributed by atoms with Crippen LogP contribution in [0.3, 0.4) is 0 Å². The van der Waals surface area contributed by atoms with Crippen molar-refractivity contribution in [2.24, 2.45) is 0 Å². The van der Waals surface area contributed by atoms with Gasteiger partial charge >= 0.3 is 0 Å². The highest BCUT2D eigenvalue weighted by molar-refractivity contribution is 7.76. The lowest BCUT2D eigenvalue weighted by Crippen LogP contribution is -2.61. The monoisotopic (exact) mass is 1250 g/mol. The molecule has 96 heavy (non-hydrogen) atoms. The van der Waals surface area contributed by atoms with Crippen LogP contribution in [0.4, 0.5) is 0 Å². The number of nitrogens with zero attached hydrogens (tertiary/aromatic N) is 6. The van der Waals surface area contributed by atoms with Gasteiger partial charge in [0.1, 0.15) is 24.7 Å². The van der Waals surface area contributed by atoms with Gasteiger partial charge in [-0.15, -0.1) is 0 Å². The van der Waals surface area contributed by atoms with Gasteiger partial charge in [0.15, 0.2) is 23.0 Å². The molecular weight excluding hydrogens is 1180 g/mol. The number of aryl methyl sites for hydroxylation is 2. The highest BCUT2D eigenvalue weighted by Gasteiger charge is 2.57. The van der Waals surface area contributed by atoms with Crippen LogP contribution in [0.15, 0.2) is 158 Å². The second-order valence-electron chi connectivity index (χ2n) is 26.4. The van der Waals surface area contributed by atoms with Crippen LogP contribution in [0, 0.1) is 0 Å². The number of carbonyl (C=O) groups excluding carboxylic acids is 4. The average Bonchev–Trinajstić information content (AvgIpc) is 1.51. The molecule has 0 N–H and O–H groups in total. The third-order valence-corrected chi connectivity index (χ3v) is 21.0. The van der Waals surface area contributed by atoms with Crippen molar-refractivity contribution in [3.05, 3.63) is 191 Å². The molecule has 6 aliphatic rings. The van der Waals surface area contributed by atoms with E-state index < -0.39 is 55.3 Å². The zero-order chi connectivity index (χ0) is 67.1. The number of hydrogen-bond donors (Lipinski definition) is 0. The maximum Gasteiger partial charge on any atom is 0.253 e. The summed E-state index contributed by atoms with van der Waals surface area (Å²) in [6, 6.07) is 51.8. The molecule has 4 bridgehead atoms. The van der Waals surface area contributed by atoms with Crippen LogP contribution in [-0.2, 0) is 43.2 Å². The van der Waals surface area contributed by atoms with E-state index in [1.165, 1.54) is 0 Å². The number of methoxy groups -OCH3 is 2. The normalized spacial score (nSPS) is 22.5. The quantitative estimate of drug-likeness (QED) is 0.144. The summed E-state index contributed by atoms with van der Waals surface area (Å²) in [4.78, 5) is 58.8. The Kier molecular flexibility index (Phi) is 16.0. The SMILES string of the molecule is CO[C@@H]1[C@H](N(C)C(=O)c2ccccc2)C[C@H]2O[C@]1(C)n1c3ccccc3c3c4c(c5c6ccccc6n2c5c31)C(=O)CC4.CO[C@@H]1[C@H](N(C)C(=O)c2ccccc2)C[C@H]2O[C@]1(C)n1c3ccccc3c3c4c(c5c6ccccc6n2c5c31)C(=O)CC4.[B]B([B])B([B])[B].[B]B([B])[B]. The lowest BCUT2D eigenvalue weighted by Gasteiger charge is -2.50. The molecule has 24 heteroatoms. The summed E-state index contributed by atoms with van der Waals surface area (Å²) in [5.41, 5.74) is 11.7. The first-order valence-corrected chi connectivity index (χ1v) is 32.7. The Labute approximate surface area is 566 Å². The molecule has 8 atom stereocenters. The summed E-state index contributed by atoms with van der Waals surface area (Å²) in [5.74, 6) is 0.303. The number of ether oxygens (including phenoxy) is 4. The van der Waals surface area contributed by atoms with Crippen molar-refractivity contribution in [1.29, 1.82) is 0 Å². The van der Waals surface area contributed by atoms with E-state index in [1.807, 2.05) is 109 Å². The van der Waals surface area contributed by atoms with Crippen molar-refractivity contribution in [1.82, 2.24) is 28.1 Å². The molecule has 2 fully saturated rings. The van der Waals surface area contributed by atoms with Crippen LogP contribution in [0.1, 0.15) is 105 Å². The Morgan fingerprint density at radius 3 is 1.10 bits per heavy atom. The molecule has 0 saturated carbocycles. The summed E-state index contributed by atoms with van der Waals surface area (Å²) in [7, 11) is 41.0. The molecule has 14 nitrogen and oxygen atoms in total. The number of fused-ring (bicyclic) bond motifs is 26. The van der Waals surface area contributed by atoms with Crippen LogP contribution in [-0.4, -0.2) is 177 Å². The second-order valence-corrected chi connectivity index (χ2v) is 26.4. The lowest BCUT2D eigenvalue weighted by molar-refractivity contribution is -0.264. The Morgan fingerprint density at radius 1 is 0.458 bits per heavy atom. The van der Waals surface area contributed by atoms with Gasteiger partial charge in [-0.25, -0.2) is 0 Å². The smallest absolute Gasteiger partial charge is 0.253 e. The minimum Gasteiger partial charge on any atom is -0.374 e. The molecule has 2 amide bonds. The maximum absolute atomic E-state index is 13.9. The molecule has 8 heterocycles. The molecule has 4 aliphatic heterocycles. The predicted molar refractivity (Wildman–Crippen MR) is 391 cm³/mol. The third-order valence-electron chi connectivity index (χ3n) is 21.0. The van der Waals surface area contributed by atoms with Crippen LogP contribution >= 0.6 is 0 Å². The van der Waals surface area contributed by atoms with Gasteiger partial charge in [-0.2, -0.15) is 0 Å². The van der Waals surface area contributed by atoms with Gasteiger partial charge in [0.25, 0.3) is 11.8 Å². The molecule has 0 unspecified atom stereocenters. The number of benzene rings is 8. The number of Topliss-reactive ketones (excluding diaryl/α,β-unsaturated/α-hetero) is 2. The molecule has 2 saturated heterocycles.